The van der Waals surface area contributed by atoms with E-state index >= 15 is 0 Å². The van der Waals surface area contributed by atoms with E-state index < -0.39 is 0 Å². The molecule has 16 heavy (non-hydrogen) atoms. The number of fused-ring (bicyclic) bond motifs is 3. The van der Waals surface area contributed by atoms with Gasteiger partial charge < -0.3 is 4.74 Å². The number of rotatable bonds is 1. The van der Waals surface area contributed by atoms with Gasteiger partial charge in [0.1, 0.15) is 6.10 Å². The molecule has 0 saturated carbocycles. The largest absolute Gasteiger partial charge is 0.459 e. The van der Waals surface area contributed by atoms with Gasteiger partial charge in [-0.15, -0.1) is 9.24 Å². The Kier molecular flexibility index (Phi) is 2.08. The van der Waals surface area contributed by atoms with Crippen LogP contribution >= 0.6 is 9.24 Å². The third-order valence-electron chi connectivity index (χ3n) is 2.76. The number of hydrogen-bond acceptors (Lipinski definition) is 3. The number of hydrogen-bond donors (Lipinski definition) is 0. The predicted octanol–water partition coefficient (Wildman–Crippen LogP) is 1.54. The molecule has 0 radical (unpaired) electrons. The molecule has 4 nitrogen and oxygen atoms in total. The monoisotopic (exact) mass is 231 g/mol. The molecule has 0 bridgehead atoms. The van der Waals surface area contributed by atoms with Gasteiger partial charge in [-0.1, -0.05) is 0 Å². The highest BCUT2D eigenvalue weighted by Crippen LogP contribution is 2.28. The Bertz CT molecular complexity index is 599. The smallest absolute Gasteiger partial charge is 0.297 e. The molecular formula is C11H10N3OP. The number of nitrogens with zero attached hydrogens (tertiary/aromatic N) is 3. The maximum Gasteiger partial charge on any atom is 0.297 e. The van der Waals surface area contributed by atoms with Crippen molar-refractivity contribution in [2.45, 2.75) is 12.6 Å². The molecule has 2 heterocycles. The Balaban J connectivity index is 2.17. The molecule has 1 aliphatic rings. The van der Waals surface area contributed by atoms with Gasteiger partial charge in [-0.3, -0.25) is 4.57 Å². The van der Waals surface area contributed by atoms with Crippen LogP contribution in [0.1, 0.15) is 5.56 Å². The number of nitriles is 1. The highest BCUT2D eigenvalue weighted by molar-refractivity contribution is 7.16. The molecule has 3 rings (SSSR count). The summed E-state index contributed by atoms with van der Waals surface area (Å²) >= 11 is 0. The normalized spacial score (nSPS) is 18.1. The fraction of sp³-hybridized carbons (Fsp3) is 0.273. The first-order valence-electron chi connectivity index (χ1n) is 5.09. The highest BCUT2D eigenvalue weighted by Gasteiger charge is 2.24. The van der Waals surface area contributed by atoms with Crippen LogP contribution in [0, 0.1) is 11.3 Å². The molecule has 1 aromatic heterocycles. The van der Waals surface area contributed by atoms with Gasteiger partial charge >= 0.3 is 0 Å². The summed E-state index contributed by atoms with van der Waals surface area (Å²) in [7, 11) is 2.67. The second kappa shape index (κ2) is 3.47. The topological polar surface area (TPSA) is 50.8 Å². The summed E-state index contributed by atoms with van der Waals surface area (Å²) in [6.45, 7) is 0.810. The Morgan fingerprint density at radius 3 is 3.25 bits per heavy atom. The summed E-state index contributed by atoms with van der Waals surface area (Å²) in [5, 5.41) is 8.87. The molecule has 2 aromatic rings. The molecule has 0 fully saturated rings. The molecule has 5 heteroatoms. The van der Waals surface area contributed by atoms with Crippen LogP contribution < -0.4 is 4.74 Å². The lowest BCUT2D eigenvalue weighted by Crippen LogP contribution is -2.15. The number of benzene rings is 1. The quantitative estimate of drug-likeness (QED) is 0.699. The van der Waals surface area contributed by atoms with Gasteiger partial charge in [0, 0.05) is 6.16 Å². The maximum absolute atomic E-state index is 8.87. The van der Waals surface area contributed by atoms with Crippen molar-refractivity contribution in [3.63, 3.8) is 0 Å². The molecule has 0 N–H and O–H groups in total. The van der Waals surface area contributed by atoms with Crippen LogP contribution in [0.15, 0.2) is 18.2 Å². The SMILES string of the molecule is N#Cc1ccc2nc3n(c2c1)C[C@@H](CP)O3. The van der Waals surface area contributed by atoms with E-state index in [4.69, 9.17) is 10.00 Å². The molecule has 0 amide bonds. The van der Waals surface area contributed by atoms with Crippen molar-refractivity contribution in [3.05, 3.63) is 23.8 Å². The van der Waals surface area contributed by atoms with Gasteiger partial charge in [0.05, 0.1) is 29.2 Å². The summed E-state index contributed by atoms with van der Waals surface area (Å²) in [4.78, 5) is 4.39. The molecule has 0 spiro atoms. The Morgan fingerprint density at radius 1 is 1.62 bits per heavy atom. The molecule has 1 unspecified atom stereocenters. The molecule has 0 saturated heterocycles. The summed E-state index contributed by atoms with van der Waals surface area (Å²) in [5.41, 5.74) is 2.52. The average Bonchev–Trinajstić information content (AvgIpc) is 2.85. The van der Waals surface area contributed by atoms with Crippen LogP contribution in [-0.2, 0) is 6.54 Å². The second-order valence-electron chi connectivity index (χ2n) is 3.80. The molecular weight excluding hydrogens is 221 g/mol. The minimum Gasteiger partial charge on any atom is -0.459 e. The van der Waals surface area contributed by atoms with Crippen LogP contribution in [0.3, 0.4) is 0 Å². The lowest BCUT2D eigenvalue weighted by molar-refractivity contribution is 0.251. The van der Waals surface area contributed by atoms with Crippen LogP contribution in [0.4, 0.5) is 0 Å². The van der Waals surface area contributed by atoms with Crippen molar-refractivity contribution in [2.75, 3.05) is 6.16 Å². The van der Waals surface area contributed by atoms with Crippen molar-refractivity contribution >= 4 is 20.3 Å². The van der Waals surface area contributed by atoms with E-state index in [1.165, 1.54) is 0 Å². The lowest BCUT2D eigenvalue weighted by atomic mass is 10.2. The predicted molar refractivity (Wildman–Crippen MR) is 63.4 cm³/mol. The van der Waals surface area contributed by atoms with E-state index in [0.29, 0.717) is 11.6 Å². The van der Waals surface area contributed by atoms with E-state index in [-0.39, 0.29) is 6.10 Å². The van der Waals surface area contributed by atoms with Crippen molar-refractivity contribution in [2.24, 2.45) is 0 Å². The van der Waals surface area contributed by atoms with E-state index in [2.05, 4.69) is 20.3 Å². The molecule has 0 aliphatic carbocycles. The zero-order valence-electron chi connectivity index (χ0n) is 8.55. The Labute approximate surface area is 95.0 Å². The van der Waals surface area contributed by atoms with Gasteiger partial charge in [0.25, 0.3) is 6.01 Å². The van der Waals surface area contributed by atoms with Gasteiger partial charge in [-0.05, 0) is 18.2 Å². The van der Waals surface area contributed by atoms with Crippen molar-refractivity contribution in [1.82, 2.24) is 9.55 Å². The van der Waals surface area contributed by atoms with Crippen LogP contribution in [-0.4, -0.2) is 21.8 Å². The average molecular weight is 231 g/mol. The molecule has 80 valence electrons. The van der Waals surface area contributed by atoms with Gasteiger partial charge in [0.2, 0.25) is 0 Å². The summed E-state index contributed by atoms with van der Waals surface area (Å²) in [5.74, 6) is 0. The number of ether oxygens (including phenoxy) is 1. The molecule has 1 aromatic carbocycles. The third-order valence-corrected chi connectivity index (χ3v) is 3.29. The second-order valence-corrected chi connectivity index (χ2v) is 4.27. The summed E-state index contributed by atoms with van der Waals surface area (Å²) in [6, 6.07) is 8.30. The highest BCUT2D eigenvalue weighted by atomic mass is 31.0. The fourth-order valence-electron chi connectivity index (χ4n) is 1.95. The first-order valence-corrected chi connectivity index (χ1v) is 5.90. The van der Waals surface area contributed by atoms with Crippen molar-refractivity contribution in [3.8, 4) is 12.1 Å². The summed E-state index contributed by atoms with van der Waals surface area (Å²) < 4.78 is 7.70. The van der Waals surface area contributed by atoms with Gasteiger partial charge in [-0.2, -0.15) is 10.2 Å². The maximum atomic E-state index is 8.87. The number of imidazole rings is 1. The van der Waals surface area contributed by atoms with E-state index in [1.807, 2.05) is 16.7 Å². The first kappa shape index (κ1) is 9.62. The van der Waals surface area contributed by atoms with E-state index in [0.717, 1.165) is 23.7 Å². The van der Waals surface area contributed by atoms with Crippen LogP contribution in [0.2, 0.25) is 0 Å². The fourth-order valence-corrected chi connectivity index (χ4v) is 2.19. The summed E-state index contributed by atoms with van der Waals surface area (Å²) in [6.07, 6.45) is 1.07. The van der Waals surface area contributed by atoms with E-state index in [9.17, 15) is 0 Å². The lowest BCUT2D eigenvalue weighted by Gasteiger charge is -2.04. The van der Waals surface area contributed by atoms with Crippen LogP contribution in [0.25, 0.3) is 11.0 Å². The minimum absolute atomic E-state index is 0.183. The van der Waals surface area contributed by atoms with Crippen molar-refractivity contribution in [1.29, 1.82) is 5.26 Å². The van der Waals surface area contributed by atoms with E-state index in [1.54, 1.807) is 6.07 Å². The van der Waals surface area contributed by atoms with Crippen molar-refractivity contribution < 1.29 is 4.74 Å². The zero-order valence-corrected chi connectivity index (χ0v) is 9.71. The van der Waals surface area contributed by atoms with Gasteiger partial charge in [0.15, 0.2) is 0 Å². The van der Waals surface area contributed by atoms with Crippen LogP contribution in [0.5, 0.6) is 6.01 Å². The number of aromatic nitrogens is 2. The molecule has 1 aliphatic heterocycles. The Morgan fingerprint density at radius 2 is 2.50 bits per heavy atom. The molecule has 2 atom stereocenters. The third kappa shape index (κ3) is 1.29. The van der Waals surface area contributed by atoms with Gasteiger partial charge in [-0.25, -0.2) is 0 Å². The standard InChI is InChI=1S/C11H10N3OP/c12-4-7-1-2-9-10(3-7)14-5-8(6-16)15-11(14)13-9/h1-3,8H,5-6,16H2/t8-/m0/s1. The Hall–Kier alpha value is -1.59. The first-order chi connectivity index (χ1) is 7.81. The minimum atomic E-state index is 0.183. The zero-order chi connectivity index (χ0) is 11.1.